The first-order valence-electron chi connectivity index (χ1n) is 3.93. The summed E-state index contributed by atoms with van der Waals surface area (Å²) in [5.74, 6) is -0.857. The number of benzene rings is 1. The van der Waals surface area contributed by atoms with Gasteiger partial charge in [0.1, 0.15) is 29.3 Å². The highest BCUT2D eigenvalue weighted by Gasteiger charge is 2.01. The van der Waals surface area contributed by atoms with Crippen molar-refractivity contribution in [1.29, 1.82) is 10.5 Å². The van der Waals surface area contributed by atoms with E-state index in [1.54, 1.807) is 12.1 Å². The van der Waals surface area contributed by atoms with Crippen LogP contribution < -0.4 is 5.32 Å². The molecule has 0 atom stereocenters. The van der Waals surface area contributed by atoms with Crippen molar-refractivity contribution >= 4 is 5.69 Å². The number of anilines is 1. The Morgan fingerprint density at radius 3 is 2.60 bits per heavy atom. The van der Waals surface area contributed by atoms with Crippen LogP contribution in [0, 0.1) is 28.5 Å². The quantitative estimate of drug-likeness (QED) is 0.568. The van der Waals surface area contributed by atoms with E-state index in [9.17, 15) is 4.39 Å². The maximum Gasteiger partial charge on any atom is 0.150 e. The molecule has 1 rings (SSSR count). The third-order valence-corrected chi connectivity index (χ3v) is 1.57. The van der Waals surface area contributed by atoms with Crippen molar-refractivity contribution < 1.29 is 9.50 Å². The van der Waals surface area contributed by atoms with E-state index in [4.69, 9.17) is 15.6 Å². The molecule has 1 aromatic carbocycles. The Balaban J connectivity index is 2.89. The molecule has 0 saturated heterocycles. The van der Waals surface area contributed by atoms with E-state index in [1.807, 2.05) is 0 Å². The largest absolute Gasteiger partial charge is 0.508 e. The number of halogens is 1. The number of aromatic hydroxyl groups is 1. The van der Waals surface area contributed by atoms with Crippen molar-refractivity contribution in [3.05, 3.63) is 35.8 Å². The second-order valence-corrected chi connectivity index (χ2v) is 2.59. The first kappa shape index (κ1) is 10.6. The summed E-state index contributed by atoms with van der Waals surface area (Å²) >= 11 is 0. The molecule has 0 unspecified atom stereocenters. The van der Waals surface area contributed by atoms with Crippen LogP contribution >= 0.6 is 0 Å². The molecule has 74 valence electrons. The normalized spacial score (nSPS) is 8.47. The molecular formula is C10H6FN3O. The number of nitrogens with zero attached hydrogens (tertiary/aromatic N) is 2. The molecule has 0 aliphatic heterocycles. The molecule has 0 aliphatic carbocycles. The number of nitriles is 2. The molecule has 0 amide bonds. The number of phenolic OH excluding ortho intramolecular Hbond substituents is 1. The molecule has 0 radical (unpaired) electrons. The van der Waals surface area contributed by atoms with Crippen LogP contribution in [0.15, 0.2) is 30.0 Å². The van der Waals surface area contributed by atoms with Crippen molar-refractivity contribution in [3.63, 3.8) is 0 Å². The summed E-state index contributed by atoms with van der Waals surface area (Å²) in [6, 6.07) is 6.75. The lowest BCUT2D eigenvalue weighted by atomic mass is 10.3. The Labute approximate surface area is 85.5 Å². The predicted molar refractivity (Wildman–Crippen MR) is 51.0 cm³/mol. The molecule has 15 heavy (non-hydrogen) atoms. The van der Waals surface area contributed by atoms with Gasteiger partial charge in [0, 0.05) is 12.3 Å². The maximum absolute atomic E-state index is 13.1. The van der Waals surface area contributed by atoms with Gasteiger partial charge in [-0.3, -0.25) is 0 Å². The van der Waals surface area contributed by atoms with E-state index in [2.05, 4.69) is 5.32 Å². The van der Waals surface area contributed by atoms with Crippen LogP contribution in [0.1, 0.15) is 0 Å². The van der Waals surface area contributed by atoms with Gasteiger partial charge in [0.25, 0.3) is 0 Å². The van der Waals surface area contributed by atoms with Crippen LogP contribution in [-0.2, 0) is 0 Å². The monoisotopic (exact) mass is 203 g/mol. The lowest BCUT2D eigenvalue weighted by Gasteiger charge is -2.02. The van der Waals surface area contributed by atoms with E-state index in [0.717, 1.165) is 12.3 Å². The van der Waals surface area contributed by atoms with Gasteiger partial charge in [0.2, 0.25) is 0 Å². The minimum Gasteiger partial charge on any atom is -0.508 e. The summed E-state index contributed by atoms with van der Waals surface area (Å²) < 4.78 is 13.1. The summed E-state index contributed by atoms with van der Waals surface area (Å²) in [5, 5.41) is 28.2. The second kappa shape index (κ2) is 4.64. The Bertz CT molecular complexity index is 466. The topological polar surface area (TPSA) is 79.8 Å². The van der Waals surface area contributed by atoms with Crippen molar-refractivity contribution in [1.82, 2.24) is 0 Å². The van der Waals surface area contributed by atoms with Crippen LogP contribution in [0.3, 0.4) is 0 Å². The van der Waals surface area contributed by atoms with Gasteiger partial charge in [0.15, 0.2) is 0 Å². The highest BCUT2D eigenvalue weighted by molar-refractivity contribution is 5.52. The number of hydrogen-bond acceptors (Lipinski definition) is 4. The Kier molecular flexibility index (Phi) is 3.26. The van der Waals surface area contributed by atoms with E-state index in [-0.39, 0.29) is 17.0 Å². The summed E-state index contributed by atoms with van der Waals surface area (Å²) in [6.45, 7) is 0. The molecule has 0 aromatic heterocycles. The van der Waals surface area contributed by atoms with Crippen molar-refractivity contribution in [3.8, 4) is 17.9 Å². The minimum atomic E-state index is -0.665. The SMILES string of the molecule is N#CC(C#N)=CNc1ccc(O)cc1F. The zero-order valence-corrected chi connectivity index (χ0v) is 7.53. The van der Waals surface area contributed by atoms with Gasteiger partial charge in [-0.15, -0.1) is 0 Å². The number of hydrogen-bond donors (Lipinski definition) is 2. The third-order valence-electron chi connectivity index (χ3n) is 1.57. The Morgan fingerprint density at radius 2 is 2.07 bits per heavy atom. The Hall–Kier alpha value is -2.53. The fourth-order valence-electron chi connectivity index (χ4n) is 0.861. The van der Waals surface area contributed by atoms with E-state index in [1.165, 1.54) is 12.1 Å². The molecule has 4 nitrogen and oxygen atoms in total. The molecule has 0 heterocycles. The van der Waals surface area contributed by atoms with E-state index < -0.39 is 5.82 Å². The van der Waals surface area contributed by atoms with Crippen LogP contribution in [-0.4, -0.2) is 5.11 Å². The minimum absolute atomic E-state index is 0.0794. The average molecular weight is 203 g/mol. The van der Waals surface area contributed by atoms with Crippen LogP contribution in [0.5, 0.6) is 5.75 Å². The van der Waals surface area contributed by atoms with Gasteiger partial charge in [-0.05, 0) is 12.1 Å². The number of phenols is 1. The van der Waals surface area contributed by atoms with Crippen LogP contribution in [0.2, 0.25) is 0 Å². The van der Waals surface area contributed by atoms with Crippen molar-refractivity contribution in [2.45, 2.75) is 0 Å². The van der Waals surface area contributed by atoms with E-state index in [0.29, 0.717) is 0 Å². The Morgan fingerprint density at radius 1 is 1.40 bits per heavy atom. The molecule has 0 saturated carbocycles. The van der Waals surface area contributed by atoms with Crippen molar-refractivity contribution in [2.75, 3.05) is 5.32 Å². The van der Waals surface area contributed by atoms with Crippen LogP contribution in [0.25, 0.3) is 0 Å². The molecular weight excluding hydrogens is 197 g/mol. The summed E-state index contributed by atoms with van der Waals surface area (Å²) in [5.41, 5.74) is -0.0849. The zero-order chi connectivity index (χ0) is 11.3. The van der Waals surface area contributed by atoms with Gasteiger partial charge in [-0.1, -0.05) is 0 Å². The molecule has 0 aliphatic rings. The van der Waals surface area contributed by atoms with Crippen LogP contribution in [0.4, 0.5) is 10.1 Å². The standard InChI is InChI=1S/C10H6FN3O/c11-9-3-8(15)1-2-10(9)14-6-7(4-12)5-13/h1-3,6,14-15H. The van der Waals surface area contributed by atoms with Gasteiger partial charge >= 0.3 is 0 Å². The highest BCUT2D eigenvalue weighted by Crippen LogP contribution is 2.19. The van der Waals surface area contributed by atoms with Gasteiger partial charge in [-0.25, -0.2) is 4.39 Å². The summed E-state index contributed by atoms with van der Waals surface area (Å²) in [4.78, 5) is 0. The fourth-order valence-corrected chi connectivity index (χ4v) is 0.861. The first-order valence-corrected chi connectivity index (χ1v) is 3.93. The lowest BCUT2D eigenvalue weighted by molar-refractivity contribution is 0.469. The molecule has 0 spiro atoms. The summed E-state index contributed by atoms with van der Waals surface area (Å²) in [7, 11) is 0. The predicted octanol–water partition coefficient (Wildman–Crippen LogP) is 1.87. The lowest BCUT2D eigenvalue weighted by Crippen LogP contribution is -1.92. The molecule has 0 bridgehead atoms. The van der Waals surface area contributed by atoms with Gasteiger partial charge < -0.3 is 10.4 Å². The molecule has 2 N–H and O–H groups in total. The van der Waals surface area contributed by atoms with E-state index >= 15 is 0 Å². The number of rotatable bonds is 2. The third kappa shape index (κ3) is 2.71. The average Bonchev–Trinajstić information content (AvgIpc) is 2.22. The number of allylic oxidation sites excluding steroid dienone is 1. The fraction of sp³-hybridized carbons (Fsp3) is 0. The first-order chi connectivity index (χ1) is 7.17. The molecule has 1 aromatic rings. The second-order valence-electron chi connectivity index (χ2n) is 2.59. The highest BCUT2D eigenvalue weighted by atomic mass is 19.1. The van der Waals surface area contributed by atoms with Gasteiger partial charge in [-0.2, -0.15) is 10.5 Å². The molecule has 0 fully saturated rings. The smallest absolute Gasteiger partial charge is 0.150 e. The van der Waals surface area contributed by atoms with Crippen molar-refractivity contribution in [2.24, 2.45) is 0 Å². The summed E-state index contributed by atoms with van der Waals surface area (Å²) in [6.07, 6.45) is 1.09. The maximum atomic E-state index is 13.1. The zero-order valence-electron chi connectivity index (χ0n) is 7.53. The molecule has 5 heteroatoms. The number of nitrogens with one attached hydrogen (secondary N) is 1. The van der Waals surface area contributed by atoms with Gasteiger partial charge in [0.05, 0.1) is 5.69 Å².